The number of rotatable bonds is 4. The molecule has 0 aliphatic carbocycles. The van der Waals surface area contributed by atoms with Crippen molar-refractivity contribution in [3.05, 3.63) is 28.8 Å². The maximum atomic E-state index is 11.7. The van der Waals surface area contributed by atoms with E-state index in [0.717, 1.165) is 19.3 Å². The van der Waals surface area contributed by atoms with Crippen molar-refractivity contribution < 1.29 is 19.4 Å². The number of hydrogen-bond acceptors (Lipinski definition) is 4. The maximum Gasteiger partial charge on any atom is 0.340 e. The third-order valence-corrected chi connectivity index (χ3v) is 2.99. The van der Waals surface area contributed by atoms with E-state index in [2.05, 4.69) is 6.92 Å². The number of benzene rings is 1. The molecule has 0 amide bonds. The average Bonchev–Trinajstić information content (AvgIpc) is 2.64. The van der Waals surface area contributed by atoms with Crippen LogP contribution in [-0.2, 0) is 4.74 Å². The fraction of sp³-hybridized carbons (Fsp3) is 0.385. The largest absolute Gasteiger partial charge is 0.507 e. The van der Waals surface area contributed by atoms with Crippen LogP contribution in [0.25, 0.3) is 0 Å². The van der Waals surface area contributed by atoms with Crippen LogP contribution in [-0.4, -0.2) is 17.4 Å². The number of ether oxygens (including phenoxy) is 1. The summed E-state index contributed by atoms with van der Waals surface area (Å²) in [4.78, 5) is 22.6. The van der Waals surface area contributed by atoms with Crippen LogP contribution >= 0.6 is 0 Å². The second kappa shape index (κ2) is 4.57. The molecule has 1 atom stereocenters. The number of hydrogen-bond donors (Lipinski definition) is 1. The number of phenols is 1. The van der Waals surface area contributed by atoms with Gasteiger partial charge in [0.15, 0.2) is 6.29 Å². The van der Waals surface area contributed by atoms with Crippen LogP contribution in [0.15, 0.2) is 12.1 Å². The van der Waals surface area contributed by atoms with Gasteiger partial charge in [0.1, 0.15) is 11.9 Å². The van der Waals surface area contributed by atoms with Crippen molar-refractivity contribution in [2.75, 3.05) is 0 Å². The zero-order valence-electron chi connectivity index (χ0n) is 9.60. The van der Waals surface area contributed by atoms with Crippen LogP contribution < -0.4 is 0 Å². The molecule has 0 aromatic heterocycles. The summed E-state index contributed by atoms with van der Waals surface area (Å²) in [6, 6.07) is 3.09. The van der Waals surface area contributed by atoms with Gasteiger partial charge in [-0.2, -0.15) is 0 Å². The Kier molecular flexibility index (Phi) is 3.13. The first-order valence-corrected chi connectivity index (χ1v) is 5.71. The highest BCUT2D eigenvalue weighted by molar-refractivity contribution is 6.03. The SMILES string of the molecule is CCCCC1OC(=O)c2c1ccc(O)c2C=O. The number of esters is 1. The van der Waals surface area contributed by atoms with Crippen LogP contribution in [0.3, 0.4) is 0 Å². The minimum absolute atomic E-state index is 0.0338. The van der Waals surface area contributed by atoms with Crippen LogP contribution in [0.4, 0.5) is 0 Å². The molecule has 1 heterocycles. The number of phenolic OH excluding ortho intramolecular Hbond substituents is 1. The molecular formula is C13H14O4. The molecule has 1 unspecified atom stereocenters. The van der Waals surface area contributed by atoms with Crippen molar-refractivity contribution in [2.24, 2.45) is 0 Å². The normalized spacial score (nSPS) is 17.7. The molecule has 17 heavy (non-hydrogen) atoms. The van der Waals surface area contributed by atoms with Gasteiger partial charge in [-0.25, -0.2) is 4.79 Å². The Morgan fingerprint density at radius 2 is 2.24 bits per heavy atom. The lowest BCUT2D eigenvalue weighted by atomic mass is 9.97. The molecule has 1 N–H and O–H groups in total. The molecule has 0 saturated carbocycles. The molecule has 0 fully saturated rings. The third-order valence-electron chi connectivity index (χ3n) is 2.99. The van der Waals surface area contributed by atoms with Crippen LogP contribution in [0.2, 0.25) is 0 Å². The number of cyclic esters (lactones) is 1. The molecule has 0 saturated heterocycles. The second-order valence-electron chi connectivity index (χ2n) is 4.12. The van der Waals surface area contributed by atoms with E-state index in [-0.39, 0.29) is 23.0 Å². The quantitative estimate of drug-likeness (QED) is 0.642. The molecule has 0 radical (unpaired) electrons. The van der Waals surface area contributed by atoms with Crippen molar-refractivity contribution >= 4 is 12.3 Å². The molecule has 4 heteroatoms. The maximum absolute atomic E-state index is 11.7. The molecule has 4 nitrogen and oxygen atoms in total. The van der Waals surface area contributed by atoms with Gasteiger partial charge in [0.2, 0.25) is 0 Å². The Balaban J connectivity index is 2.43. The van der Waals surface area contributed by atoms with Crippen molar-refractivity contribution in [3.8, 4) is 5.75 Å². The molecule has 2 rings (SSSR count). The van der Waals surface area contributed by atoms with Crippen LogP contribution in [0.1, 0.15) is 58.6 Å². The summed E-state index contributed by atoms with van der Waals surface area (Å²) in [5.41, 5.74) is 0.968. The first kappa shape index (κ1) is 11.6. The van der Waals surface area contributed by atoms with Gasteiger partial charge in [0, 0.05) is 5.56 Å². The number of fused-ring (bicyclic) bond motifs is 1. The molecule has 0 spiro atoms. The minimum Gasteiger partial charge on any atom is -0.507 e. The fourth-order valence-corrected chi connectivity index (χ4v) is 2.10. The molecule has 1 aromatic rings. The Labute approximate surface area is 99.2 Å². The number of aromatic hydroxyl groups is 1. The highest BCUT2D eigenvalue weighted by atomic mass is 16.5. The third kappa shape index (κ3) is 1.90. The highest BCUT2D eigenvalue weighted by Gasteiger charge is 2.33. The van der Waals surface area contributed by atoms with Crippen LogP contribution in [0, 0.1) is 0 Å². The Bertz CT molecular complexity index is 465. The molecular weight excluding hydrogens is 220 g/mol. The second-order valence-corrected chi connectivity index (χ2v) is 4.12. The number of aldehydes is 1. The summed E-state index contributed by atoms with van der Waals surface area (Å²) in [5, 5.41) is 9.52. The van der Waals surface area contributed by atoms with Gasteiger partial charge >= 0.3 is 5.97 Å². The zero-order valence-corrected chi connectivity index (χ0v) is 9.60. The molecule has 90 valence electrons. The van der Waals surface area contributed by atoms with E-state index in [1.54, 1.807) is 6.07 Å². The van der Waals surface area contributed by atoms with Gasteiger partial charge in [0.05, 0.1) is 11.1 Å². The first-order chi connectivity index (χ1) is 8.19. The molecule has 1 aliphatic heterocycles. The number of carbonyl (C=O) groups is 2. The summed E-state index contributed by atoms with van der Waals surface area (Å²) in [6.45, 7) is 2.06. The predicted octanol–water partition coefficient (Wildman–Crippen LogP) is 2.61. The van der Waals surface area contributed by atoms with E-state index >= 15 is 0 Å². The van der Waals surface area contributed by atoms with Crippen molar-refractivity contribution in [1.29, 1.82) is 0 Å². The van der Waals surface area contributed by atoms with Gasteiger partial charge in [-0.3, -0.25) is 4.79 Å². The van der Waals surface area contributed by atoms with Gasteiger partial charge in [-0.1, -0.05) is 19.4 Å². The standard InChI is InChI=1S/C13H14O4/c1-2-3-4-11-8-5-6-10(15)9(7-14)12(8)13(16)17-11/h5-7,11,15H,2-4H2,1H3. The van der Waals surface area contributed by atoms with E-state index in [0.29, 0.717) is 11.8 Å². The summed E-state index contributed by atoms with van der Waals surface area (Å²) in [5.74, 6) is -0.689. The topological polar surface area (TPSA) is 63.6 Å². The molecule has 1 aliphatic rings. The van der Waals surface area contributed by atoms with Gasteiger partial charge in [-0.05, 0) is 18.9 Å². The first-order valence-electron chi connectivity index (χ1n) is 5.71. The lowest BCUT2D eigenvalue weighted by Crippen LogP contribution is -2.00. The summed E-state index contributed by atoms with van der Waals surface area (Å²) >= 11 is 0. The average molecular weight is 234 g/mol. The monoisotopic (exact) mass is 234 g/mol. The highest BCUT2D eigenvalue weighted by Crippen LogP contribution is 2.38. The van der Waals surface area contributed by atoms with Gasteiger partial charge in [0.25, 0.3) is 0 Å². The van der Waals surface area contributed by atoms with E-state index < -0.39 is 5.97 Å². The van der Waals surface area contributed by atoms with Crippen LogP contribution in [0.5, 0.6) is 5.75 Å². The number of carbonyl (C=O) groups excluding carboxylic acids is 2. The summed E-state index contributed by atoms with van der Waals surface area (Å²) in [7, 11) is 0. The molecule has 0 bridgehead atoms. The van der Waals surface area contributed by atoms with E-state index in [1.807, 2.05) is 0 Å². The van der Waals surface area contributed by atoms with E-state index in [1.165, 1.54) is 6.07 Å². The fourth-order valence-electron chi connectivity index (χ4n) is 2.10. The Morgan fingerprint density at radius 1 is 1.47 bits per heavy atom. The predicted molar refractivity (Wildman–Crippen MR) is 61.2 cm³/mol. The van der Waals surface area contributed by atoms with Crippen molar-refractivity contribution in [2.45, 2.75) is 32.3 Å². The van der Waals surface area contributed by atoms with E-state index in [4.69, 9.17) is 4.74 Å². The molecule has 1 aromatic carbocycles. The minimum atomic E-state index is -0.515. The summed E-state index contributed by atoms with van der Waals surface area (Å²) < 4.78 is 5.22. The van der Waals surface area contributed by atoms with Gasteiger partial charge in [-0.15, -0.1) is 0 Å². The summed E-state index contributed by atoms with van der Waals surface area (Å²) in [6.07, 6.45) is 2.93. The van der Waals surface area contributed by atoms with Gasteiger partial charge < -0.3 is 9.84 Å². The Morgan fingerprint density at radius 3 is 2.88 bits per heavy atom. The van der Waals surface area contributed by atoms with Crippen molar-refractivity contribution in [1.82, 2.24) is 0 Å². The zero-order chi connectivity index (χ0) is 12.4. The number of unbranched alkanes of at least 4 members (excludes halogenated alkanes) is 1. The Hall–Kier alpha value is -1.84. The van der Waals surface area contributed by atoms with Crippen molar-refractivity contribution in [3.63, 3.8) is 0 Å². The lowest BCUT2D eigenvalue weighted by molar-refractivity contribution is 0.0363. The smallest absolute Gasteiger partial charge is 0.340 e. The lowest BCUT2D eigenvalue weighted by Gasteiger charge is -2.09. The van der Waals surface area contributed by atoms with E-state index in [9.17, 15) is 14.7 Å².